The molecule has 10 heteroatoms. The summed E-state index contributed by atoms with van der Waals surface area (Å²) in [7, 11) is 0. The Bertz CT molecular complexity index is 1960. The maximum Gasteiger partial charge on any atom is 0.319 e. The molecule has 4 fully saturated rings. The van der Waals surface area contributed by atoms with Gasteiger partial charge in [-0.15, -0.1) is 6.42 Å². The zero-order valence-electron chi connectivity index (χ0n) is 28.3. The van der Waals surface area contributed by atoms with Crippen molar-refractivity contribution in [3.05, 3.63) is 47.7 Å². The van der Waals surface area contributed by atoms with E-state index in [-0.39, 0.29) is 39.5 Å². The van der Waals surface area contributed by atoms with Crippen molar-refractivity contribution in [1.82, 2.24) is 19.9 Å². The van der Waals surface area contributed by atoms with Crippen molar-refractivity contribution in [2.24, 2.45) is 10.8 Å². The van der Waals surface area contributed by atoms with Gasteiger partial charge in [-0.05, 0) is 80.5 Å². The van der Waals surface area contributed by atoms with Gasteiger partial charge in [-0.1, -0.05) is 32.3 Å². The van der Waals surface area contributed by atoms with Gasteiger partial charge < -0.3 is 19.5 Å². The van der Waals surface area contributed by atoms with Gasteiger partial charge in [-0.25, -0.2) is 8.78 Å². The first-order valence-electron chi connectivity index (χ1n) is 17.7. The third-order valence-electron chi connectivity index (χ3n) is 11.5. The van der Waals surface area contributed by atoms with Crippen molar-refractivity contribution in [2.75, 3.05) is 44.4 Å². The highest BCUT2D eigenvalue weighted by atomic mass is 19.1. The Morgan fingerprint density at radius 2 is 1.90 bits per heavy atom. The minimum absolute atomic E-state index is 0.00499. The van der Waals surface area contributed by atoms with E-state index >= 15 is 4.39 Å². The number of piperidine rings is 1. The van der Waals surface area contributed by atoms with E-state index in [1.165, 1.54) is 49.9 Å². The Morgan fingerprint density at radius 1 is 1.06 bits per heavy atom. The number of benzene rings is 2. The first-order valence-corrected chi connectivity index (χ1v) is 17.7. The molecular formula is C39H43F2N5O3. The maximum atomic E-state index is 16.9. The number of phenolic OH excluding ortho intramolecular Hbond substituents is 1. The average molecular weight is 668 g/mol. The molecule has 8 nitrogen and oxygen atoms in total. The summed E-state index contributed by atoms with van der Waals surface area (Å²) in [5.41, 5.74) is 0.529. The third-order valence-corrected chi connectivity index (χ3v) is 11.5. The van der Waals surface area contributed by atoms with Crippen LogP contribution in [0, 0.1) is 34.8 Å². The number of fused-ring (bicyclic) bond motifs is 3. The van der Waals surface area contributed by atoms with Crippen LogP contribution in [0.15, 0.2) is 30.5 Å². The first kappa shape index (κ1) is 32.2. The molecule has 8 rings (SSSR count). The van der Waals surface area contributed by atoms with Gasteiger partial charge in [0.2, 0.25) is 0 Å². The van der Waals surface area contributed by atoms with Crippen LogP contribution in [0.1, 0.15) is 70.8 Å². The predicted molar refractivity (Wildman–Crippen MR) is 186 cm³/mol. The SMILES string of the molecule is C#Cc1c(F)ccc2cc(O)cc(-c3ncc4c(N5CCCOCC5)nc(OCC56CCCC5N(C5CC(C)(C)C5)CCC6)nc4c3F)c12. The molecule has 4 aliphatic rings. The molecule has 4 aromatic rings. The van der Waals surface area contributed by atoms with E-state index < -0.39 is 11.6 Å². The number of aromatic hydroxyl groups is 1. The highest BCUT2D eigenvalue weighted by molar-refractivity contribution is 6.03. The molecule has 2 aromatic carbocycles. The molecule has 2 aliphatic carbocycles. The number of rotatable bonds is 6. The molecule has 2 saturated heterocycles. The van der Waals surface area contributed by atoms with Crippen molar-refractivity contribution in [3.63, 3.8) is 0 Å². The Hall–Kier alpha value is -4.07. The second kappa shape index (κ2) is 12.4. The van der Waals surface area contributed by atoms with Crippen LogP contribution in [0.4, 0.5) is 14.6 Å². The molecule has 0 spiro atoms. The van der Waals surface area contributed by atoms with Crippen LogP contribution in [0.25, 0.3) is 32.9 Å². The molecule has 49 heavy (non-hydrogen) atoms. The van der Waals surface area contributed by atoms with Crippen LogP contribution in [0.2, 0.25) is 0 Å². The standard InChI is InChI=1S/C39H43F2N5O3/c1-4-27-30(40)10-9-24-18-26(47)19-28(32(24)27)34-33(41)35-29(22-42-34)36(45-13-7-16-48-17-15-45)44-37(43-35)49-23-39-11-5-8-31(39)46(14-6-12-39)25-20-38(2,3)21-25/h1,9-10,18-19,22,25,31,47H,5-8,11-17,20-21,23H2,2-3H3. The summed E-state index contributed by atoms with van der Waals surface area (Å²) in [4.78, 5) is 19.0. The van der Waals surface area contributed by atoms with E-state index in [9.17, 15) is 9.50 Å². The zero-order chi connectivity index (χ0) is 33.9. The number of aromatic nitrogens is 3. The Kier molecular flexibility index (Phi) is 8.11. The first-order chi connectivity index (χ1) is 23.7. The van der Waals surface area contributed by atoms with Gasteiger partial charge in [0.15, 0.2) is 5.82 Å². The maximum absolute atomic E-state index is 16.9. The Morgan fingerprint density at radius 3 is 2.71 bits per heavy atom. The van der Waals surface area contributed by atoms with Crippen LogP contribution in [-0.4, -0.2) is 76.5 Å². The molecule has 0 bridgehead atoms. The van der Waals surface area contributed by atoms with E-state index in [4.69, 9.17) is 25.9 Å². The van der Waals surface area contributed by atoms with Gasteiger partial charge in [-0.2, -0.15) is 9.97 Å². The van der Waals surface area contributed by atoms with Crippen LogP contribution in [0.5, 0.6) is 11.8 Å². The predicted octanol–water partition coefficient (Wildman–Crippen LogP) is 7.24. The van der Waals surface area contributed by atoms with Gasteiger partial charge in [-0.3, -0.25) is 9.88 Å². The van der Waals surface area contributed by atoms with Crippen molar-refractivity contribution in [2.45, 2.75) is 77.3 Å². The van der Waals surface area contributed by atoms with Gasteiger partial charge in [0.25, 0.3) is 0 Å². The largest absolute Gasteiger partial charge is 0.508 e. The molecule has 2 saturated carbocycles. The minimum atomic E-state index is -0.718. The Labute approximate surface area is 285 Å². The van der Waals surface area contributed by atoms with Crippen LogP contribution in [0.3, 0.4) is 0 Å². The number of likely N-dealkylation sites (tertiary alicyclic amines) is 1. The second-order valence-corrected chi connectivity index (χ2v) is 15.3. The van der Waals surface area contributed by atoms with E-state index in [0.717, 1.165) is 32.2 Å². The number of hydrogen-bond donors (Lipinski definition) is 1. The molecule has 2 atom stereocenters. The van der Waals surface area contributed by atoms with E-state index in [2.05, 4.69) is 34.6 Å². The molecule has 256 valence electrons. The molecule has 0 radical (unpaired) electrons. The smallest absolute Gasteiger partial charge is 0.319 e. The molecule has 2 unspecified atom stereocenters. The fourth-order valence-electron chi connectivity index (χ4n) is 9.26. The summed E-state index contributed by atoms with van der Waals surface area (Å²) in [5, 5.41) is 11.8. The fraction of sp³-hybridized carbons (Fsp3) is 0.513. The molecular weight excluding hydrogens is 624 g/mol. The van der Waals surface area contributed by atoms with Crippen molar-refractivity contribution >= 4 is 27.5 Å². The molecule has 0 amide bonds. The zero-order valence-corrected chi connectivity index (χ0v) is 28.3. The number of halogens is 2. The number of anilines is 1. The molecule has 4 heterocycles. The van der Waals surface area contributed by atoms with Gasteiger partial charge >= 0.3 is 6.01 Å². The normalized spacial score (nSPS) is 24.4. The van der Waals surface area contributed by atoms with Crippen molar-refractivity contribution in [3.8, 4) is 35.4 Å². The third kappa shape index (κ3) is 5.65. The number of ether oxygens (including phenoxy) is 2. The second-order valence-electron chi connectivity index (χ2n) is 15.3. The lowest BCUT2D eigenvalue weighted by Gasteiger charge is -2.55. The summed E-state index contributed by atoms with van der Waals surface area (Å²) >= 11 is 0. The number of phenols is 1. The number of nitrogens with zero attached hydrogens (tertiary/aromatic N) is 5. The summed E-state index contributed by atoms with van der Waals surface area (Å²) in [6, 6.07) is 6.80. The monoisotopic (exact) mass is 667 g/mol. The number of hydrogen-bond acceptors (Lipinski definition) is 8. The summed E-state index contributed by atoms with van der Waals surface area (Å²) in [6.45, 7) is 8.74. The van der Waals surface area contributed by atoms with Gasteiger partial charge in [0.05, 0.1) is 24.2 Å². The lowest BCUT2D eigenvalue weighted by atomic mass is 9.65. The highest BCUT2D eigenvalue weighted by Gasteiger charge is 2.52. The van der Waals surface area contributed by atoms with E-state index in [1.54, 1.807) is 6.20 Å². The van der Waals surface area contributed by atoms with Crippen molar-refractivity contribution in [1.29, 1.82) is 0 Å². The highest BCUT2D eigenvalue weighted by Crippen LogP contribution is 2.53. The van der Waals surface area contributed by atoms with Gasteiger partial charge in [0.1, 0.15) is 28.6 Å². The molecule has 1 N–H and O–H groups in total. The minimum Gasteiger partial charge on any atom is -0.508 e. The van der Waals surface area contributed by atoms with Crippen molar-refractivity contribution < 1.29 is 23.4 Å². The van der Waals surface area contributed by atoms with Crippen LogP contribution in [-0.2, 0) is 4.74 Å². The lowest BCUT2D eigenvalue weighted by molar-refractivity contribution is -0.0709. The quantitative estimate of drug-likeness (QED) is 0.216. The molecule has 2 aromatic heterocycles. The number of pyridine rings is 1. The molecule has 2 aliphatic heterocycles. The van der Waals surface area contributed by atoms with Crippen LogP contribution < -0.4 is 9.64 Å². The topological polar surface area (TPSA) is 83.8 Å². The average Bonchev–Trinajstić information content (AvgIpc) is 3.32. The van der Waals surface area contributed by atoms with Gasteiger partial charge in [0, 0.05) is 54.3 Å². The summed E-state index contributed by atoms with van der Waals surface area (Å²) < 4.78 is 44.1. The Balaban J connectivity index is 1.21. The van der Waals surface area contributed by atoms with E-state index in [1.807, 2.05) is 0 Å². The lowest BCUT2D eigenvalue weighted by Crippen LogP contribution is -2.59. The summed E-state index contributed by atoms with van der Waals surface area (Å²) in [5.74, 6) is 1.50. The number of terminal acetylenes is 1. The fourth-order valence-corrected chi connectivity index (χ4v) is 9.26. The summed E-state index contributed by atoms with van der Waals surface area (Å²) in [6.07, 6.45) is 16.2. The van der Waals surface area contributed by atoms with E-state index in [0.29, 0.717) is 72.4 Å². The van der Waals surface area contributed by atoms with Crippen LogP contribution >= 0.6 is 0 Å².